The molecule has 1 aromatic rings. The highest BCUT2D eigenvalue weighted by Crippen LogP contribution is 2.32. The van der Waals surface area contributed by atoms with Gasteiger partial charge in [0.2, 0.25) is 5.96 Å². The van der Waals surface area contributed by atoms with E-state index in [0.29, 0.717) is 30.6 Å². The molecule has 120 valence electrons. The Morgan fingerprint density at radius 2 is 2.09 bits per heavy atom. The summed E-state index contributed by atoms with van der Waals surface area (Å²) in [5.41, 5.74) is 1.29. The summed E-state index contributed by atoms with van der Waals surface area (Å²) in [6, 6.07) is 5.63. The predicted molar refractivity (Wildman–Crippen MR) is 86.3 cm³/mol. The minimum atomic E-state index is -0.169. The Hall–Kier alpha value is -2.50. The summed E-state index contributed by atoms with van der Waals surface area (Å²) >= 11 is 0. The zero-order valence-electron chi connectivity index (χ0n) is 13.0. The van der Waals surface area contributed by atoms with E-state index in [1.807, 2.05) is 30.1 Å². The molecule has 0 radical (unpaired) electrons. The summed E-state index contributed by atoms with van der Waals surface area (Å²) in [5, 5.41) is 2.83. The van der Waals surface area contributed by atoms with Crippen molar-refractivity contribution in [3.8, 4) is 11.5 Å². The van der Waals surface area contributed by atoms with Crippen LogP contribution in [0, 0.1) is 5.92 Å². The zero-order chi connectivity index (χ0) is 15.8. The monoisotopic (exact) mass is 313 g/mol. The molecule has 0 spiro atoms. The molecule has 23 heavy (non-hydrogen) atoms. The fraction of sp³-hybridized carbons (Fsp3) is 0.412. The van der Waals surface area contributed by atoms with Gasteiger partial charge in [0.1, 0.15) is 18.9 Å². The first-order valence-corrected chi connectivity index (χ1v) is 7.91. The molecule has 1 aliphatic carbocycles. The molecule has 2 aliphatic heterocycles. The lowest BCUT2D eigenvalue weighted by molar-refractivity contribution is -0.115. The maximum atomic E-state index is 12.1. The molecule has 6 heteroatoms. The number of carbonyl (C=O) groups excluding carboxylic acids is 1. The number of hydrogen-bond donors (Lipinski definition) is 1. The smallest absolute Gasteiger partial charge is 0.276 e. The molecule has 1 fully saturated rings. The van der Waals surface area contributed by atoms with Gasteiger partial charge < -0.3 is 14.4 Å². The van der Waals surface area contributed by atoms with Crippen LogP contribution in [0.15, 0.2) is 28.9 Å². The van der Waals surface area contributed by atoms with E-state index in [1.165, 1.54) is 12.8 Å². The van der Waals surface area contributed by atoms with E-state index in [0.717, 1.165) is 23.8 Å². The van der Waals surface area contributed by atoms with Crippen molar-refractivity contribution in [1.29, 1.82) is 0 Å². The number of benzene rings is 1. The third-order valence-electron chi connectivity index (χ3n) is 4.14. The Balaban J connectivity index is 1.55. The molecule has 0 unspecified atom stereocenters. The third kappa shape index (κ3) is 3.02. The van der Waals surface area contributed by atoms with Crippen LogP contribution >= 0.6 is 0 Å². The first-order chi connectivity index (χ1) is 11.2. The molecule has 1 N–H and O–H groups in total. The van der Waals surface area contributed by atoms with Crippen LogP contribution in [-0.2, 0) is 4.79 Å². The molecule has 0 bridgehead atoms. The average Bonchev–Trinajstić information content (AvgIpc) is 3.30. The Kier molecular flexibility index (Phi) is 3.44. The second-order valence-electron chi connectivity index (χ2n) is 6.15. The van der Waals surface area contributed by atoms with E-state index >= 15 is 0 Å². The summed E-state index contributed by atoms with van der Waals surface area (Å²) in [6.45, 7) is 2.05. The minimum Gasteiger partial charge on any atom is -0.486 e. The van der Waals surface area contributed by atoms with Crippen LogP contribution in [0.4, 0.5) is 0 Å². The Labute approximate surface area is 134 Å². The van der Waals surface area contributed by atoms with Gasteiger partial charge >= 0.3 is 0 Å². The van der Waals surface area contributed by atoms with Crippen LogP contribution in [0.3, 0.4) is 0 Å². The van der Waals surface area contributed by atoms with E-state index in [2.05, 4.69) is 10.3 Å². The number of rotatable bonds is 3. The number of aliphatic imine (C=N–C) groups is 1. The van der Waals surface area contributed by atoms with Crippen molar-refractivity contribution in [3.63, 3.8) is 0 Å². The summed E-state index contributed by atoms with van der Waals surface area (Å²) in [6.07, 6.45) is 4.31. The molecule has 4 rings (SSSR count). The lowest BCUT2D eigenvalue weighted by Crippen LogP contribution is -2.38. The quantitative estimate of drug-likeness (QED) is 0.862. The predicted octanol–water partition coefficient (Wildman–Crippen LogP) is 1.63. The van der Waals surface area contributed by atoms with Gasteiger partial charge in [0.05, 0.1) is 0 Å². The number of carbonyl (C=O) groups is 1. The van der Waals surface area contributed by atoms with Crippen molar-refractivity contribution in [2.45, 2.75) is 12.8 Å². The molecule has 6 nitrogen and oxygen atoms in total. The summed E-state index contributed by atoms with van der Waals surface area (Å²) in [5.74, 6) is 2.65. The second kappa shape index (κ2) is 5.61. The Morgan fingerprint density at radius 1 is 1.30 bits per heavy atom. The van der Waals surface area contributed by atoms with Gasteiger partial charge in [-0.1, -0.05) is 6.07 Å². The van der Waals surface area contributed by atoms with E-state index in [4.69, 9.17) is 9.47 Å². The van der Waals surface area contributed by atoms with Gasteiger partial charge in [0.25, 0.3) is 5.91 Å². The zero-order valence-corrected chi connectivity index (χ0v) is 13.0. The summed E-state index contributed by atoms with van der Waals surface area (Å²) in [7, 11) is 1.96. The van der Waals surface area contributed by atoms with Crippen molar-refractivity contribution in [2.75, 3.05) is 26.8 Å². The maximum Gasteiger partial charge on any atom is 0.276 e. The molecule has 1 aromatic carbocycles. The van der Waals surface area contributed by atoms with E-state index in [-0.39, 0.29) is 5.91 Å². The van der Waals surface area contributed by atoms with Gasteiger partial charge in [-0.15, -0.1) is 0 Å². The first-order valence-electron chi connectivity index (χ1n) is 7.91. The fourth-order valence-corrected chi connectivity index (χ4v) is 2.72. The van der Waals surface area contributed by atoms with Gasteiger partial charge in [0, 0.05) is 13.6 Å². The van der Waals surface area contributed by atoms with Crippen LogP contribution in [-0.4, -0.2) is 43.6 Å². The first kappa shape index (κ1) is 14.1. The van der Waals surface area contributed by atoms with Crippen LogP contribution in [0.1, 0.15) is 18.4 Å². The molecule has 3 aliphatic rings. The number of amides is 1. The van der Waals surface area contributed by atoms with Gasteiger partial charge in [-0.2, -0.15) is 0 Å². The van der Waals surface area contributed by atoms with Crippen LogP contribution in [0.2, 0.25) is 0 Å². The highest BCUT2D eigenvalue weighted by Gasteiger charge is 2.28. The van der Waals surface area contributed by atoms with E-state index < -0.39 is 0 Å². The highest BCUT2D eigenvalue weighted by molar-refractivity contribution is 6.13. The Bertz CT molecular complexity index is 707. The van der Waals surface area contributed by atoms with Gasteiger partial charge in [0.15, 0.2) is 11.5 Å². The summed E-state index contributed by atoms with van der Waals surface area (Å²) < 4.78 is 11.1. The molecular weight excluding hydrogens is 294 g/mol. The van der Waals surface area contributed by atoms with E-state index in [9.17, 15) is 4.79 Å². The van der Waals surface area contributed by atoms with Gasteiger partial charge in [-0.05, 0) is 42.5 Å². The largest absolute Gasteiger partial charge is 0.486 e. The van der Waals surface area contributed by atoms with Crippen LogP contribution in [0.5, 0.6) is 11.5 Å². The SMILES string of the molecule is CN(CC1CC1)C1=N/C(=C\c2ccc3c(c2)OCCO3)C(=O)N1. The lowest BCUT2D eigenvalue weighted by Gasteiger charge is -2.18. The number of guanidine groups is 1. The number of ether oxygens (including phenoxy) is 2. The topological polar surface area (TPSA) is 63.2 Å². The second-order valence-corrected chi connectivity index (χ2v) is 6.15. The van der Waals surface area contributed by atoms with Crippen molar-refractivity contribution in [1.82, 2.24) is 10.2 Å². The van der Waals surface area contributed by atoms with Crippen LogP contribution in [0.25, 0.3) is 6.08 Å². The van der Waals surface area contributed by atoms with E-state index in [1.54, 1.807) is 6.08 Å². The summed E-state index contributed by atoms with van der Waals surface area (Å²) in [4.78, 5) is 18.5. The van der Waals surface area contributed by atoms with Crippen LogP contribution < -0.4 is 14.8 Å². The number of nitrogens with zero attached hydrogens (tertiary/aromatic N) is 2. The Morgan fingerprint density at radius 3 is 2.87 bits per heavy atom. The maximum absolute atomic E-state index is 12.1. The average molecular weight is 313 g/mol. The number of hydrogen-bond acceptors (Lipinski definition) is 5. The van der Waals surface area contributed by atoms with Crippen molar-refractivity contribution in [2.24, 2.45) is 10.9 Å². The molecule has 0 saturated heterocycles. The number of fused-ring (bicyclic) bond motifs is 1. The minimum absolute atomic E-state index is 0.169. The molecule has 0 atom stereocenters. The fourth-order valence-electron chi connectivity index (χ4n) is 2.72. The number of nitrogens with one attached hydrogen (secondary N) is 1. The third-order valence-corrected chi connectivity index (χ3v) is 4.14. The molecule has 0 aromatic heterocycles. The molecule has 1 saturated carbocycles. The molecular formula is C17H19N3O3. The van der Waals surface area contributed by atoms with Gasteiger partial charge in [-0.25, -0.2) is 4.99 Å². The molecule has 1 amide bonds. The molecule has 2 heterocycles. The normalized spacial score (nSPS) is 21.2. The van der Waals surface area contributed by atoms with Crippen molar-refractivity contribution in [3.05, 3.63) is 29.5 Å². The van der Waals surface area contributed by atoms with Crippen molar-refractivity contribution < 1.29 is 14.3 Å². The lowest BCUT2D eigenvalue weighted by atomic mass is 10.1. The standard InChI is InChI=1S/C17H19N3O3/c1-20(10-11-2-3-11)17-18-13(16(21)19-17)8-12-4-5-14-15(9-12)23-7-6-22-14/h4-5,8-9,11H,2-3,6-7,10H2,1H3,(H,18,19,21)/b13-8-. The van der Waals surface area contributed by atoms with Crippen molar-refractivity contribution >= 4 is 17.9 Å². The van der Waals surface area contributed by atoms with Gasteiger partial charge in [-0.3, -0.25) is 10.1 Å². The highest BCUT2D eigenvalue weighted by atomic mass is 16.6.